The monoisotopic (exact) mass is 749 g/mol. The Balaban J connectivity index is 1.03. The number of nitriles is 1. The molecule has 11 heteroatoms. The first-order valence-corrected chi connectivity index (χ1v) is 19.3. The molecule has 5 heterocycles. The van der Waals surface area contributed by atoms with E-state index in [1.54, 1.807) is 6.20 Å². The van der Waals surface area contributed by atoms with Gasteiger partial charge in [-0.25, -0.2) is 9.97 Å². The number of carbonyl (C=O) groups excluding carboxylic acids is 1. The third-order valence-corrected chi connectivity index (χ3v) is 10.8. The fourth-order valence-electron chi connectivity index (χ4n) is 8.04. The number of aliphatic hydroxyl groups excluding tert-OH is 1. The number of fused-ring (bicyclic) bond motifs is 2. The van der Waals surface area contributed by atoms with E-state index >= 15 is 0 Å². The lowest BCUT2D eigenvalue weighted by atomic mass is 9.93. The van der Waals surface area contributed by atoms with Crippen LogP contribution in [0.2, 0.25) is 0 Å². The van der Waals surface area contributed by atoms with Crippen molar-refractivity contribution >= 4 is 39.5 Å². The Bertz CT molecular complexity index is 2500. The lowest BCUT2D eigenvalue weighted by Crippen LogP contribution is -2.30. The molecule has 2 fully saturated rings. The first-order valence-electron chi connectivity index (χ1n) is 19.3. The quantitative estimate of drug-likeness (QED) is 0.139. The van der Waals surface area contributed by atoms with Crippen molar-refractivity contribution in [3.8, 4) is 28.7 Å². The standard InChI is InChI=1S/C45H47N7O4/c1-27-35(36-9-7-11-38(28(36)2)49-42-40-31(12-15-47-42)19-30(22-48-40)24-52-17-14-34(53)26-52)8-6-10-37(27)43-50-39-20-29(18-33(21-46)41(39)55-43)23-51-16-13-32(25-51)44(54)56-45(3,4)5/h6-12,15,18-20,22,32,34,53H,13-14,16-17,23-26H2,1-5H3,(H,47,49)/t32-,34-/m1/s1. The molecule has 6 aromatic rings. The number of aliphatic hydroxyl groups is 1. The minimum atomic E-state index is -0.514. The summed E-state index contributed by atoms with van der Waals surface area (Å²) >= 11 is 0. The number of aromatic nitrogens is 3. The van der Waals surface area contributed by atoms with Gasteiger partial charge in [0, 0.05) is 61.8 Å². The number of anilines is 2. The Morgan fingerprint density at radius 3 is 2.45 bits per heavy atom. The number of β-amino-alcohol motifs (C(OH)–C–C–N with tert-alkyl or cyclic N) is 1. The van der Waals surface area contributed by atoms with Crippen LogP contribution < -0.4 is 5.32 Å². The van der Waals surface area contributed by atoms with Gasteiger partial charge in [-0.1, -0.05) is 24.3 Å². The number of likely N-dealkylation sites (tertiary alicyclic amines) is 2. The molecule has 8 rings (SSSR count). The predicted octanol–water partition coefficient (Wildman–Crippen LogP) is 8.07. The summed E-state index contributed by atoms with van der Waals surface area (Å²) in [5, 5.41) is 24.6. The Hall–Kier alpha value is -5.67. The number of hydrogen-bond acceptors (Lipinski definition) is 11. The second-order valence-electron chi connectivity index (χ2n) is 16.2. The van der Waals surface area contributed by atoms with E-state index in [1.165, 1.54) is 0 Å². The van der Waals surface area contributed by atoms with Gasteiger partial charge in [0.15, 0.2) is 11.4 Å². The number of nitrogens with one attached hydrogen (secondary N) is 1. The molecule has 11 nitrogen and oxygen atoms in total. The van der Waals surface area contributed by atoms with E-state index in [0.29, 0.717) is 48.0 Å². The van der Waals surface area contributed by atoms with Gasteiger partial charge in [-0.05, 0) is 124 Å². The number of nitrogens with zero attached hydrogens (tertiary/aromatic N) is 6. The van der Waals surface area contributed by atoms with Crippen molar-refractivity contribution in [1.29, 1.82) is 5.26 Å². The van der Waals surface area contributed by atoms with Crippen LogP contribution in [0.15, 0.2) is 77.5 Å². The average molecular weight is 750 g/mol. The SMILES string of the molecule is Cc1c(Nc2nccc3cc(CN4CC[C@@H](O)C4)cnc23)cccc1-c1cccc(-c2nc3cc(CN4CC[C@@H](C(=O)OC(C)(C)C)C4)cc(C#N)c3o2)c1C. The second-order valence-corrected chi connectivity index (χ2v) is 16.2. The average Bonchev–Trinajstić information content (AvgIpc) is 3.92. The molecule has 2 saturated heterocycles. The molecule has 0 unspecified atom stereocenters. The topological polar surface area (TPSA) is 141 Å². The van der Waals surface area contributed by atoms with E-state index < -0.39 is 5.60 Å². The van der Waals surface area contributed by atoms with E-state index in [2.05, 4.69) is 58.2 Å². The molecule has 3 aromatic carbocycles. The number of oxazole rings is 1. The number of esters is 1. The molecule has 0 saturated carbocycles. The molecule has 2 aliphatic heterocycles. The van der Waals surface area contributed by atoms with Crippen LogP contribution in [0.1, 0.15) is 61.4 Å². The summed E-state index contributed by atoms with van der Waals surface area (Å²) in [5.41, 5.74) is 9.79. The van der Waals surface area contributed by atoms with Gasteiger partial charge in [0.2, 0.25) is 5.89 Å². The molecule has 2 atom stereocenters. The van der Waals surface area contributed by atoms with Gasteiger partial charge in [0.05, 0.1) is 17.6 Å². The normalized spacial score (nSPS) is 17.8. The first-order chi connectivity index (χ1) is 26.9. The number of rotatable bonds is 9. The van der Waals surface area contributed by atoms with Gasteiger partial charge in [-0.3, -0.25) is 19.6 Å². The Kier molecular flexibility index (Phi) is 10.1. The lowest BCUT2D eigenvalue weighted by molar-refractivity contribution is -0.159. The van der Waals surface area contributed by atoms with Crippen molar-refractivity contribution in [3.63, 3.8) is 0 Å². The largest absolute Gasteiger partial charge is 0.460 e. The molecule has 0 radical (unpaired) electrons. The van der Waals surface area contributed by atoms with Gasteiger partial charge in [0.1, 0.15) is 22.7 Å². The minimum Gasteiger partial charge on any atom is -0.460 e. The van der Waals surface area contributed by atoms with Crippen LogP contribution in [0.3, 0.4) is 0 Å². The summed E-state index contributed by atoms with van der Waals surface area (Å²) in [7, 11) is 0. The van der Waals surface area contributed by atoms with Gasteiger partial charge >= 0.3 is 5.97 Å². The van der Waals surface area contributed by atoms with Crippen molar-refractivity contribution in [2.75, 3.05) is 31.5 Å². The highest BCUT2D eigenvalue weighted by atomic mass is 16.6. The number of benzene rings is 3. The highest BCUT2D eigenvalue weighted by Gasteiger charge is 2.32. The van der Waals surface area contributed by atoms with Crippen molar-refractivity contribution in [1.82, 2.24) is 24.8 Å². The van der Waals surface area contributed by atoms with E-state index in [0.717, 1.165) is 88.0 Å². The molecule has 286 valence electrons. The molecule has 0 spiro atoms. The molecular weight excluding hydrogens is 703 g/mol. The first kappa shape index (κ1) is 37.3. The van der Waals surface area contributed by atoms with Crippen LogP contribution in [0.4, 0.5) is 11.5 Å². The summed E-state index contributed by atoms with van der Waals surface area (Å²) in [6.45, 7) is 14.2. The molecule has 2 aliphatic rings. The third-order valence-electron chi connectivity index (χ3n) is 10.8. The van der Waals surface area contributed by atoms with E-state index in [9.17, 15) is 15.2 Å². The molecule has 2 N–H and O–H groups in total. The Morgan fingerprint density at radius 1 is 0.946 bits per heavy atom. The van der Waals surface area contributed by atoms with Crippen molar-refractivity contribution < 1.29 is 19.1 Å². The Morgan fingerprint density at radius 2 is 1.68 bits per heavy atom. The highest BCUT2D eigenvalue weighted by molar-refractivity contribution is 5.91. The van der Waals surface area contributed by atoms with Crippen molar-refractivity contribution in [2.24, 2.45) is 5.92 Å². The lowest BCUT2D eigenvalue weighted by Gasteiger charge is -2.22. The van der Waals surface area contributed by atoms with Gasteiger partial charge < -0.3 is 19.6 Å². The molecule has 0 bridgehead atoms. The van der Waals surface area contributed by atoms with Crippen molar-refractivity contribution in [2.45, 2.75) is 72.3 Å². The zero-order valence-electron chi connectivity index (χ0n) is 32.6. The van der Waals surface area contributed by atoms with Crippen LogP contribution in [0, 0.1) is 31.1 Å². The van der Waals surface area contributed by atoms with Gasteiger partial charge in [-0.2, -0.15) is 5.26 Å². The molecular formula is C45H47N7O4. The summed E-state index contributed by atoms with van der Waals surface area (Å²) in [4.78, 5) is 31.6. The van der Waals surface area contributed by atoms with Gasteiger partial charge in [0.25, 0.3) is 0 Å². The third kappa shape index (κ3) is 7.73. The summed E-state index contributed by atoms with van der Waals surface area (Å²) in [6, 6.07) is 22.6. The van der Waals surface area contributed by atoms with Crippen LogP contribution in [0.5, 0.6) is 0 Å². The Labute approximate surface area is 327 Å². The molecule has 0 aliphatic carbocycles. The van der Waals surface area contributed by atoms with Crippen LogP contribution >= 0.6 is 0 Å². The minimum absolute atomic E-state index is 0.158. The number of ether oxygens (including phenoxy) is 1. The zero-order valence-corrected chi connectivity index (χ0v) is 32.6. The highest BCUT2D eigenvalue weighted by Crippen LogP contribution is 2.38. The summed E-state index contributed by atoms with van der Waals surface area (Å²) in [6.07, 6.45) is 5.01. The number of hydrogen-bond donors (Lipinski definition) is 2. The second kappa shape index (κ2) is 15.1. The van der Waals surface area contributed by atoms with E-state index in [1.807, 2.05) is 69.4 Å². The van der Waals surface area contributed by atoms with E-state index in [4.69, 9.17) is 19.1 Å². The molecule has 0 amide bonds. The molecule has 56 heavy (non-hydrogen) atoms. The summed E-state index contributed by atoms with van der Waals surface area (Å²) < 4.78 is 12.0. The number of pyridine rings is 2. The van der Waals surface area contributed by atoms with Gasteiger partial charge in [-0.15, -0.1) is 0 Å². The maximum Gasteiger partial charge on any atom is 0.310 e. The fourth-order valence-corrected chi connectivity index (χ4v) is 8.04. The van der Waals surface area contributed by atoms with Crippen LogP contribution in [-0.4, -0.2) is 73.7 Å². The summed E-state index contributed by atoms with van der Waals surface area (Å²) in [5.74, 6) is 0.820. The zero-order chi connectivity index (χ0) is 39.1. The predicted molar refractivity (Wildman–Crippen MR) is 217 cm³/mol. The van der Waals surface area contributed by atoms with E-state index in [-0.39, 0.29) is 18.0 Å². The smallest absolute Gasteiger partial charge is 0.310 e. The van der Waals surface area contributed by atoms with Crippen LogP contribution in [-0.2, 0) is 22.6 Å². The number of carbonyl (C=O) groups is 1. The van der Waals surface area contributed by atoms with Crippen LogP contribution in [0.25, 0.3) is 44.6 Å². The molecule has 3 aromatic heterocycles. The maximum atomic E-state index is 12.7. The van der Waals surface area contributed by atoms with Crippen molar-refractivity contribution in [3.05, 3.63) is 101 Å². The maximum absolute atomic E-state index is 12.7. The fraction of sp³-hybridized carbons (Fsp3) is 0.356.